The van der Waals surface area contributed by atoms with E-state index in [1.807, 2.05) is 4.90 Å². The molecule has 0 radical (unpaired) electrons. The topological polar surface area (TPSA) is 20.3 Å². The number of rotatable bonds is 6. The van der Waals surface area contributed by atoms with Crippen molar-refractivity contribution in [1.82, 2.24) is 4.90 Å². The summed E-state index contributed by atoms with van der Waals surface area (Å²) in [5.74, 6) is 0.566. The van der Waals surface area contributed by atoms with Crippen LogP contribution in [0.15, 0.2) is 0 Å². The van der Waals surface area contributed by atoms with Gasteiger partial charge in [-0.25, -0.2) is 0 Å². The van der Waals surface area contributed by atoms with Gasteiger partial charge in [0.2, 0.25) is 6.41 Å². The van der Waals surface area contributed by atoms with Crippen LogP contribution in [-0.4, -0.2) is 23.9 Å². The zero-order valence-corrected chi connectivity index (χ0v) is 8.71. The van der Waals surface area contributed by atoms with Crippen LogP contribution in [0.3, 0.4) is 0 Å². The first kappa shape index (κ1) is 11.5. The monoisotopic (exact) mass is 171 g/mol. The molecule has 0 aromatic rings. The SMILES string of the molecule is CCC(CC)N(C=O)CC(C)C. The van der Waals surface area contributed by atoms with Crippen LogP contribution >= 0.6 is 0 Å². The number of amides is 1. The van der Waals surface area contributed by atoms with Crippen molar-refractivity contribution in [3.8, 4) is 0 Å². The Morgan fingerprint density at radius 1 is 1.25 bits per heavy atom. The zero-order chi connectivity index (χ0) is 9.56. The van der Waals surface area contributed by atoms with Gasteiger partial charge in [0.25, 0.3) is 0 Å². The van der Waals surface area contributed by atoms with Gasteiger partial charge in [-0.15, -0.1) is 0 Å². The molecule has 0 atom stereocenters. The van der Waals surface area contributed by atoms with E-state index in [0.717, 1.165) is 25.8 Å². The predicted molar refractivity (Wildman–Crippen MR) is 52.0 cm³/mol. The molecule has 0 spiro atoms. The van der Waals surface area contributed by atoms with Crippen LogP contribution in [0.25, 0.3) is 0 Å². The molecule has 0 bridgehead atoms. The molecule has 0 unspecified atom stereocenters. The largest absolute Gasteiger partial charge is 0.342 e. The van der Waals surface area contributed by atoms with E-state index in [-0.39, 0.29) is 0 Å². The van der Waals surface area contributed by atoms with Crippen molar-refractivity contribution in [1.29, 1.82) is 0 Å². The number of hydrogen-bond donors (Lipinski definition) is 0. The lowest BCUT2D eigenvalue weighted by molar-refractivity contribution is -0.120. The Kier molecular flexibility index (Phi) is 5.77. The summed E-state index contributed by atoms with van der Waals surface area (Å²) in [6.07, 6.45) is 3.10. The molecule has 0 aliphatic carbocycles. The van der Waals surface area contributed by atoms with E-state index in [4.69, 9.17) is 0 Å². The molecule has 0 saturated carbocycles. The Bertz CT molecular complexity index is 119. The summed E-state index contributed by atoms with van der Waals surface area (Å²) < 4.78 is 0. The van der Waals surface area contributed by atoms with E-state index < -0.39 is 0 Å². The molecule has 0 aromatic heterocycles. The Morgan fingerprint density at radius 3 is 2.00 bits per heavy atom. The van der Waals surface area contributed by atoms with Gasteiger partial charge in [0.1, 0.15) is 0 Å². The molecule has 0 rings (SSSR count). The van der Waals surface area contributed by atoms with E-state index in [1.165, 1.54) is 0 Å². The van der Waals surface area contributed by atoms with Crippen LogP contribution in [0.1, 0.15) is 40.5 Å². The highest BCUT2D eigenvalue weighted by Crippen LogP contribution is 2.08. The van der Waals surface area contributed by atoms with Crippen molar-refractivity contribution in [2.45, 2.75) is 46.6 Å². The van der Waals surface area contributed by atoms with Crippen LogP contribution in [0.5, 0.6) is 0 Å². The molecule has 1 amide bonds. The van der Waals surface area contributed by atoms with Crippen molar-refractivity contribution in [3.05, 3.63) is 0 Å². The summed E-state index contributed by atoms with van der Waals surface area (Å²) in [6.45, 7) is 9.42. The minimum absolute atomic E-state index is 0.435. The van der Waals surface area contributed by atoms with Crippen molar-refractivity contribution in [3.63, 3.8) is 0 Å². The van der Waals surface area contributed by atoms with Gasteiger partial charge in [0.05, 0.1) is 0 Å². The lowest BCUT2D eigenvalue weighted by atomic mass is 10.1. The van der Waals surface area contributed by atoms with E-state index >= 15 is 0 Å². The average molecular weight is 171 g/mol. The lowest BCUT2D eigenvalue weighted by Gasteiger charge is -2.27. The van der Waals surface area contributed by atoms with Gasteiger partial charge >= 0.3 is 0 Å². The molecule has 0 N–H and O–H groups in total. The maximum Gasteiger partial charge on any atom is 0.209 e. The first-order chi connectivity index (χ1) is 5.65. The predicted octanol–water partition coefficient (Wildman–Crippen LogP) is 2.29. The summed E-state index contributed by atoms with van der Waals surface area (Å²) in [7, 11) is 0. The van der Waals surface area contributed by atoms with Gasteiger partial charge in [-0.3, -0.25) is 4.79 Å². The zero-order valence-electron chi connectivity index (χ0n) is 8.71. The Hall–Kier alpha value is -0.530. The number of hydrogen-bond acceptors (Lipinski definition) is 1. The minimum Gasteiger partial charge on any atom is -0.342 e. The van der Waals surface area contributed by atoms with Crippen molar-refractivity contribution in [2.24, 2.45) is 5.92 Å². The number of carbonyl (C=O) groups excluding carboxylic acids is 1. The third-order valence-corrected chi connectivity index (χ3v) is 2.12. The standard InChI is InChI=1S/C10H21NO/c1-5-10(6-2)11(8-12)7-9(3)4/h8-10H,5-7H2,1-4H3. The fraction of sp³-hybridized carbons (Fsp3) is 0.900. The molecule has 0 aliphatic rings. The van der Waals surface area contributed by atoms with E-state index in [1.54, 1.807) is 0 Å². The molecule has 0 saturated heterocycles. The molecule has 12 heavy (non-hydrogen) atoms. The average Bonchev–Trinajstić information content (AvgIpc) is 2.04. The van der Waals surface area contributed by atoms with Gasteiger partial charge in [0, 0.05) is 12.6 Å². The summed E-state index contributed by atoms with van der Waals surface area (Å²) in [4.78, 5) is 12.6. The quantitative estimate of drug-likeness (QED) is 0.561. The second kappa shape index (κ2) is 6.04. The van der Waals surface area contributed by atoms with Crippen molar-refractivity contribution >= 4 is 6.41 Å². The molecule has 2 nitrogen and oxygen atoms in total. The summed E-state index contributed by atoms with van der Waals surface area (Å²) in [6, 6.07) is 0.435. The highest BCUT2D eigenvalue weighted by atomic mass is 16.1. The smallest absolute Gasteiger partial charge is 0.209 e. The number of carbonyl (C=O) groups is 1. The van der Waals surface area contributed by atoms with Gasteiger partial charge in [-0.2, -0.15) is 0 Å². The normalized spacial score (nSPS) is 10.8. The van der Waals surface area contributed by atoms with Crippen molar-refractivity contribution in [2.75, 3.05) is 6.54 Å². The fourth-order valence-corrected chi connectivity index (χ4v) is 1.46. The lowest BCUT2D eigenvalue weighted by Crippen LogP contribution is -2.35. The van der Waals surface area contributed by atoms with Crippen LogP contribution in [-0.2, 0) is 4.79 Å². The molecule has 0 heterocycles. The van der Waals surface area contributed by atoms with E-state index in [9.17, 15) is 4.79 Å². The highest BCUT2D eigenvalue weighted by molar-refractivity contribution is 5.47. The molecule has 2 heteroatoms. The van der Waals surface area contributed by atoms with E-state index in [0.29, 0.717) is 12.0 Å². The van der Waals surface area contributed by atoms with Gasteiger partial charge in [-0.05, 0) is 18.8 Å². The van der Waals surface area contributed by atoms with Gasteiger partial charge in [0.15, 0.2) is 0 Å². The number of nitrogens with zero attached hydrogens (tertiary/aromatic N) is 1. The third kappa shape index (κ3) is 3.74. The van der Waals surface area contributed by atoms with Crippen LogP contribution < -0.4 is 0 Å². The van der Waals surface area contributed by atoms with Crippen LogP contribution in [0, 0.1) is 5.92 Å². The molecule has 72 valence electrons. The summed E-state index contributed by atoms with van der Waals surface area (Å²) >= 11 is 0. The molecule has 0 aromatic carbocycles. The third-order valence-electron chi connectivity index (χ3n) is 2.12. The Balaban J connectivity index is 4.01. The molecule has 0 aliphatic heterocycles. The second-order valence-corrected chi connectivity index (χ2v) is 3.67. The van der Waals surface area contributed by atoms with Gasteiger partial charge < -0.3 is 4.90 Å². The van der Waals surface area contributed by atoms with Crippen LogP contribution in [0.4, 0.5) is 0 Å². The first-order valence-corrected chi connectivity index (χ1v) is 4.86. The van der Waals surface area contributed by atoms with E-state index in [2.05, 4.69) is 27.7 Å². The summed E-state index contributed by atoms with van der Waals surface area (Å²) in [5, 5.41) is 0. The fourth-order valence-electron chi connectivity index (χ4n) is 1.46. The van der Waals surface area contributed by atoms with Gasteiger partial charge in [-0.1, -0.05) is 27.7 Å². The summed E-state index contributed by atoms with van der Waals surface area (Å²) in [5.41, 5.74) is 0. The Morgan fingerprint density at radius 2 is 1.75 bits per heavy atom. The maximum atomic E-state index is 10.7. The molecular formula is C10H21NO. The first-order valence-electron chi connectivity index (χ1n) is 4.86. The maximum absolute atomic E-state index is 10.7. The van der Waals surface area contributed by atoms with Crippen LogP contribution in [0.2, 0.25) is 0 Å². The molecular weight excluding hydrogens is 150 g/mol. The van der Waals surface area contributed by atoms with Crippen molar-refractivity contribution < 1.29 is 4.79 Å². The molecule has 0 fully saturated rings. The Labute approximate surface area is 75.9 Å². The highest BCUT2D eigenvalue weighted by Gasteiger charge is 2.13. The second-order valence-electron chi connectivity index (χ2n) is 3.67. The minimum atomic E-state index is 0.435.